The first-order valence-corrected chi connectivity index (χ1v) is 5.27. The Kier molecular flexibility index (Phi) is 3.92. The third-order valence-electron chi connectivity index (χ3n) is 1.81. The number of aromatic nitrogens is 1. The molecule has 0 bridgehead atoms. The smallest absolute Gasteiger partial charge is 0.375 e. The zero-order valence-electron chi connectivity index (χ0n) is 8.21. The van der Waals surface area contributed by atoms with Crippen LogP contribution in [0.2, 0.25) is 0 Å². The second-order valence-electron chi connectivity index (χ2n) is 3.10. The van der Waals surface area contributed by atoms with Crippen LogP contribution >= 0.6 is 11.3 Å². The Morgan fingerprint density at radius 3 is 2.60 bits per heavy atom. The Balaban J connectivity index is 2.54. The molecule has 1 heterocycles. The number of rotatable bonds is 4. The zero-order chi connectivity index (χ0) is 11.5. The van der Waals surface area contributed by atoms with Crippen LogP contribution in [0, 0.1) is 0 Å². The highest BCUT2D eigenvalue weighted by Gasteiger charge is 2.30. The van der Waals surface area contributed by atoms with Crippen molar-refractivity contribution in [2.45, 2.75) is 19.6 Å². The van der Waals surface area contributed by atoms with E-state index in [-0.39, 0.29) is 6.54 Å². The molecule has 0 aliphatic rings. The van der Waals surface area contributed by atoms with Crippen LogP contribution < -0.4 is 5.73 Å². The number of alkyl halides is 3. The molecular formula is C8H12F3N3S. The van der Waals surface area contributed by atoms with Crippen LogP contribution in [0.1, 0.15) is 12.6 Å². The molecule has 3 nitrogen and oxygen atoms in total. The maximum absolute atomic E-state index is 12.1. The number of halogens is 3. The molecule has 0 saturated carbocycles. The Bertz CT molecular complexity index is 310. The van der Waals surface area contributed by atoms with E-state index in [4.69, 9.17) is 5.73 Å². The SMILES string of the molecule is CCN(Cc1csc(N)n1)CC(F)(F)F. The van der Waals surface area contributed by atoms with Crippen LogP contribution in [0.4, 0.5) is 18.3 Å². The summed E-state index contributed by atoms with van der Waals surface area (Å²) in [5.41, 5.74) is 5.98. The summed E-state index contributed by atoms with van der Waals surface area (Å²) in [6.07, 6.45) is -4.17. The second-order valence-corrected chi connectivity index (χ2v) is 3.99. The average Bonchev–Trinajstić information content (AvgIpc) is 2.47. The number of hydrogen-bond acceptors (Lipinski definition) is 4. The molecule has 0 fully saturated rings. The van der Waals surface area contributed by atoms with Gasteiger partial charge in [0, 0.05) is 11.9 Å². The van der Waals surface area contributed by atoms with E-state index < -0.39 is 12.7 Å². The van der Waals surface area contributed by atoms with Gasteiger partial charge in [0.15, 0.2) is 5.13 Å². The van der Waals surface area contributed by atoms with Crippen molar-refractivity contribution in [1.29, 1.82) is 0 Å². The lowest BCUT2D eigenvalue weighted by Gasteiger charge is -2.20. The lowest BCUT2D eigenvalue weighted by atomic mass is 10.4. The summed E-state index contributed by atoms with van der Waals surface area (Å²) in [7, 11) is 0. The van der Waals surface area contributed by atoms with Crippen LogP contribution in [-0.4, -0.2) is 29.1 Å². The maximum atomic E-state index is 12.1. The van der Waals surface area contributed by atoms with Gasteiger partial charge >= 0.3 is 6.18 Å². The number of hydrogen-bond donors (Lipinski definition) is 1. The molecule has 0 aromatic carbocycles. The highest BCUT2D eigenvalue weighted by Crippen LogP contribution is 2.19. The summed E-state index contributed by atoms with van der Waals surface area (Å²) in [5, 5.41) is 2.06. The number of nitrogen functional groups attached to an aromatic ring is 1. The monoisotopic (exact) mass is 239 g/mol. The molecule has 86 valence electrons. The molecule has 15 heavy (non-hydrogen) atoms. The summed E-state index contributed by atoms with van der Waals surface area (Å²) in [6, 6.07) is 0. The average molecular weight is 239 g/mol. The van der Waals surface area contributed by atoms with Crippen molar-refractivity contribution in [3.8, 4) is 0 Å². The molecule has 0 aliphatic heterocycles. The highest BCUT2D eigenvalue weighted by atomic mass is 32.1. The van der Waals surface area contributed by atoms with Gasteiger partial charge in [-0.2, -0.15) is 13.2 Å². The largest absolute Gasteiger partial charge is 0.401 e. The molecule has 0 radical (unpaired) electrons. The van der Waals surface area contributed by atoms with Crippen molar-refractivity contribution in [2.75, 3.05) is 18.8 Å². The topological polar surface area (TPSA) is 42.1 Å². The van der Waals surface area contributed by atoms with Gasteiger partial charge in [0.2, 0.25) is 0 Å². The fraction of sp³-hybridized carbons (Fsp3) is 0.625. The van der Waals surface area contributed by atoms with Gasteiger partial charge in [-0.15, -0.1) is 11.3 Å². The van der Waals surface area contributed by atoms with Crippen molar-refractivity contribution in [3.05, 3.63) is 11.1 Å². The minimum atomic E-state index is -4.17. The molecule has 0 aliphatic carbocycles. The fourth-order valence-electron chi connectivity index (χ4n) is 1.16. The van der Waals surface area contributed by atoms with E-state index in [1.54, 1.807) is 12.3 Å². The van der Waals surface area contributed by atoms with Gasteiger partial charge in [-0.1, -0.05) is 6.92 Å². The van der Waals surface area contributed by atoms with Gasteiger partial charge in [-0.05, 0) is 6.54 Å². The van der Waals surface area contributed by atoms with E-state index in [1.807, 2.05) is 0 Å². The third kappa shape index (κ3) is 4.48. The molecule has 0 amide bonds. The Morgan fingerprint density at radius 2 is 2.20 bits per heavy atom. The van der Waals surface area contributed by atoms with Crippen molar-refractivity contribution in [1.82, 2.24) is 9.88 Å². The lowest BCUT2D eigenvalue weighted by Crippen LogP contribution is -2.33. The molecule has 7 heteroatoms. The van der Waals surface area contributed by atoms with Crippen molar-refractivity contribution in [2.24, 2.45) is 0 Å². The maximum Gasteiger partial charge on any atom is 0.401 e. The first kappa shape index (κ1) is 12.3. The highest BCUT2D eigenvalue weighted by molar-refractivity contribution is 7.13. The van der Waals surface area contributed by atoms with Crippen LogP contribution in [0.15, 0.2) is 5.38 Å². The van der Waals surface area contributed by atoms with Crippen molar-refractivity contribution >= 4 is 16.5 Å². The fourth-order valence-corrected chi connectivity index (χ4v) is 1.71. The summed E-state index contributed by atoms with van der Waals surface area (Å²) < 4.78 is 36.3. The summed E-state index contributed by atoms with van der Waals surface area (Å²) in [5.74, 6) is 0. The molecule has 0 saturated heterocycles. The first-order valence-electron chi connectivity index (χ1n) is 4.39. The van der Waals surface area contributed by atoms with Gasteiger partial charge in [-0.3, -0.25) is 4.90 Å². The van der Waals surface area contributed by atoms with Crippen LogP contribution in [0.25, 0.3) is 0 Å². The quantitative estimate of drug-likeness (QED) is 0.875. The van der Waals surface area contributed by atoms with Gasteiger partial charge in [-0.25, -0.2) is 4.98 Å². The van der Waals surface area contributed by atoms with Crippen molar-refractivity contribution < 1.29 is 13.2 Å². The van der Waals surface area contributed by atoms with E-state index >= 15 is 0 Å². The Labute approximate surface area is 89.7 Å². The number of anilines is 1. The summed E-state index contributed by atoms with van der Waals surface area (Å²) in [6.45, 7) is 1.28. The van der Waals surface area contributed by atoms with Crippen LogP contribution in [-0.2, 0) is 6.54 Å². The molecule has 0 spiro atoms. The number of nitrogens with two attached hydrogens (primary N) is 1. The number of nitrogens with zero attached hydrogens (tertiary/aromatic N) is 2. The first-order chi connectivity index (χ1) is 6.90. The van der Waals surface area contributed by atoms with E-state index in [9.17, 15) is 13.2 Å². The Morgan fingerprint density at radius 1 is 1.53 bits per heavy atom. The number of thiazole rings is 1. The third-order valence-corrected chi connectivity index (χ3v) is 2.53. The van der Waals surface area contributed by atoms with Gasteiger partial charge < -0.3 is 5.73 Å². The zero-order valence-corrected chi connectivity index (χ0v) is 9.03. The second kappa shape index (κ2) is 4.80. The van der Waals surface area contributed by atoms with Gasteiger partial charge in [0.05, 0.1) is 12.2 Å². The molecule has 2 N–H and O–H groups in total. The Hall–Kier alpha value is -0.820. The van der Waals surface area contributed by atoms with Crippen LogP contribution in [0.5, 0.6) is 0 Å². The predicted molar refractivity (Wildman–Crippen MR) is 53.5 cm³/mol. The lowest BCUT2D eigenvalue weighted by molar-refractivity contribution is -0.146. The minimum absolute atomic E-state index is 0.184. The van der Waals surface area contributed by atoms with E-state index in [0.717, 1.165) is 0 Å². The minimum Gasteiger partial charge on any atom is -0.375 e. The molecule has 0 atom stereocenters. The molecular weight excluding hydrogens is 227 g/mol. The van der Waals surface area contributed by atoms with E-state index in [1.165, 1.54) is 16.2 Å². The van der Waals surface area contributed by atoms with Crippen LogP contribution in [0.3, 0.4) is 0 Å². The predicted octanol–water partition coefficient (Wildman–Crippen LogP) is 2.11. The van der Waals surface area contributed by atoms with E-state index in [0.29, 0.717) is 17.4 Å². The van der Waals surface area contributed by atoms with Gasteiger partial charge in [0.1, 0.15) is 0 Å². The van der Waals surface area contributed by atoms with E-state index in [2.05, 4.69) is 4.98 Å². The summed E-state index contributed by atoms with van der Waals surface area (Å²) >= 11 is 1.23. The standard InChI is InChI=1S/C8H12F3N3S/c1-2-14(5-8(9,10)11)3-6-4-15-7(12)13-6/h4H,2-3,5H2,1H3,(H2,12,13). The molecule has 1 rings (SSSR count). The molecule has 1 aromatic heterocycles. The van der Waals surface area contributed by atoms with Crippen molar-refractivity contribution in [3.63, 3.8) is 0 Å². The summed E-state index contributed by atoms with van der Waals surface area (Å²) in [4.78, 5) is 5.19. The van der Waals surface area contributed by atoms with Gasteiger partial charge in [0.25, 0.3) is 0 Å². The normalized spacial score (nSPS) is 12.3. The molecule has 1 aromatic rings. The molecule has 0 unspecified atom stereocenters.